The molecule has 0 saturated carbocycles. The van der Waals surface area contributed by atoms with Crippen molar-refractivity contribution in [3.05, 3.63) is 59.2 Å². The smallest absolute Gasteiger partial charge is 0.338 e. The Labute approximate surface area is 206 Å². The highest BCUT2D eigenvalue weighted by atomic mass is 16.5. The Bertz CT molecular complexity index is 1230. The van der Waals surface area contributed by atoms with Gasteiger partial charge in [0, 0.05) is 18.3 Å². The lowest BCUT2D eigenvalue weighted by atomic mass is 10.0. The van der Waals surface area contributed by atoms with E-state index in [0.29, 0.717) is 11.4 Å². The van der Waals surface area contributed by atoms with E-state index in [1.165, 1.54) is 63.6 Å². The van der Waals surface area contributed by atoms with E-state index in [-0.39, 0.29) is 35.4 Å². The van der Waals surface area contributed by atoms with E-state index in [1.54, 1.807) is 0 Å². The number of carbonyl (C=O) groups excluding carboxylic acids is 6. The summed E-state index contributed by atoms with van der Waals surface area (Å²) in [6.07, 6.45) is -0.253. The molecule has 36 heavy (non-hydrogen) atoms. The number of benzene rings is 2. The molecule has 0 radical (unpaired) electrons. The number of rotatable bonds is 10. The number of hydrogen-bond acceptors (Lipinski definition) is 9. The Morgan fingerprint density at radius 2 is 1.39 bits per heavy atom. The Morgan fingerprint density at radius 1 is 0.806 bits per heavy atom. The van der Waals surface area contributed by atoms with Gasteiger partial charge in [0.15, 0.2) is 11.5 Å². The lowest BCUT2D eigenvalue weighted by molar-refractivity contribution is -0.124. The first kappa shape index (κ1) is 27.6. The Kier molecular flexibility index (Phi) is 9.73. The molecule has 11 nitrogen and oxygen atoms in total. The summed E-state index contributed by atoms with van der Waals surface area (Å²) < 4.78 is 9.43. The molecule has 11 heteroatoms. The average Bonchev–Trinajstić information content (AvgIpc) is 2.83. The summed E-state index contributed by atoms with van der Waals surface area (Å²) in [6.45, 7) is 2.20. The zero-order valence-electron chi connectivity index (χ0n) is 20.2. The van der Waals surface area contributed by atoms with Gasteiger partial charge < -0.3 is 20.1 Å². The van der Waals surface area contributed by atoms with Crippen molar-refractivity contribution in [2.24, 2.45) is 4.99 Å². The molecule has 0 unspecified atom stereocenters. The molecule has 0 bridgehead atoms. The monoisotopic (exact) mass is 495 g/mol. The summed E-state index contributed by atoms with van der Waals surface area (Å²) in [5.41, 5.74) is 0.844. The normalized spacial score (nSPS) is 10.7. The van der Waals surface area contributed by atoms with E-state index >= 15 is 0 Å². The van der Waals surface area contributed by atoms with Crippen LogP contribution in [0.2, 0.25) is 0 Å². The maximum absolute atomic E-state index is 12.7. The van der Waals surface area contributed by atoms with E-state index in [0.717, 1.165) is 6.92 Å². The number of ketones is 2. The van der Waals surface area contributed by atoms with E-state index in [1.807, 2.05) is 0 Å². The molecular formula is C25H25N3O8. The summed E-state index contributed by atoms with van der Waals surface area (Å²) >= 11 is 0. The standard InChI is InChI=1S/C25H25N3O8/c1-14(29)11-21(31)27-18-6-8-19(9-7-18)28-23(32)22(15(2)30)26-13-17-12-16(24(33)35-3)5-10-20(17)25(34)36-4/h5-10,12H,11,13H2,1-4H3,(H,27,31)(H,28,32). The fraction of sp³-hybridized carbons (Fsp3) is 0.240. The van der Waals surface area contributed by atoms with Crippen LogP contribution >= 0.6 is 0 Å². The van der Waals surface area contributed by atoms with Crippen LogP contribution in [-0.4, -0.2) is 55.3 Å². The topological polar surface area (TPSA) is 157 Å². The molecule has 188 valence electrons. The average molecular weight is 495 g/mol. The van der Waals surface area contributed by atoms with Crippen molar-refractivity contribution < 1.29 is 38.2 Å². The number of aliphatic imine (C=N–C) groups is 1. The quantitative estimate of drug-likeness (QED) is 0.289. The zero-order chi connectivity index (χ0) is 26.8. The summed E-state index contributed by atoms with van der Waals surface area (Å²) in [7, 11) is 2.40. The third-order valence-electron chi connectivity index (χ3n) is 4.72. The molecule has 2 amide bonds. The van der Waals surface area contributed by atoms with E-state index in [9.17, 15) is 28.8 Å². The van der Waals surface area contributed by atoms with Gasteiger partial charge in [-0.1, -0.05) is 0 Å². The minimum absolute atomic E-state index is 0.111. The van der Waals surface area contributed by atoms with Crippen molar-refractivity contribution in [2.45, 2.75) is 26.8 Å². The molecule has 0 aliphatic heterocycles. The van der Waals surface area contributed by atoms with Crippen molar-refractivity contribution in [3.8, 4) is 0 Å². The molecular weight excluding hydrogens is 470 g/mol. The van der Waals surface area contributed by atoms with Crippen molar-refractivity contribution in [1.82, 2.24) is 0 Å². The van der Waals surface area contributed by atoms with Crippen LogP contribution in [0.1, 0.15) is 46.5 Å². The summed E-state index contributed by atoms with van der Waals surface area (Å²) in [4.78, 5) is 75.6. The predicted octanol–water partition coefficient (Wildman–Crippen LogP) is 2.35. The summed E-state index contributed by atoms with van der Waals surface area (Å²) in [5.74, 6) is -3.47. The molecule has 0 aliphatic carbocycles. The van der Waals surface area contributed by atoms with Crippen LogP contribution in [0.5, 0.6) is 0 Å². The molecule has 2 N–H and O–H groups in total. The highest BCUT2D eigenvalue weighted by molar-refractivity contribution is 6.67. The fourth-order valence-electron chi connectivity index (χ4n) is 3.04. The fourth-order valence-corrected chi connectivity index (χ4v) is 3.04. The molecule has 0 atom stereocenters. The maximum atomic E-state index is 12.7. The minimum atomic E-state index is -0.792. The second-order valence-electron chi connectivity index (χ2n) is 7.53. The van der Waals surface area contributed by atoms with Crippen LogP contribution in [0, 0.1) is 0 Å². The third-order valence-corrected chi connectivity index (χ3v) is 4.72. The molecule has 0 saturated heterocycles. The van der Waals surface area contributed by atoms with Gasteiger partial charge in [0.05, 0.1) is 38.3 Å². The van der Waals surface area contributed by atoms with Crippen molar-refractivity contribution in [1.29, 1.82) is 0 Å². The minimum Gasteiger partial charge on any atom is -0.465 e. The summed E-state index contributed by atoms with van der Waals surface area (Å²) in [5, 5.41) is 5.08. The first-order valence-corrected chi connectivity index (χ1v) is 10.6. The number of Topliss-reactive ketones (excluding diaryl/α,β-unsaturated/α-hetero) is 2. The van der Waals surface area contributed by atoms with Crippen LogP contribution in [-0.2, 0) is 35.2 Å². The maximum Gasteiger partial charge on any atom is 0.338 e. The number of nitrogens with zero attached hydrogens (tertiary/aromatic N) is 1. The molecule has 0 fully saturated rings. The van der Waals surface area contributed by atoms with Gasteiger partial charge in [-0.3, -0.25) is 24.2 Å². The van der Waals surface area contributed by atoms with Gasteiger partial charge in [0.25, 0.3) is 5.91 Å². The molecule has 0 heterocycles. The molecule has 0 spiro atoms. The first-order valence-electron chi connectivity index (χ1n) is 10.6. The van der Waals surface area contributed by atoms with Crippen LogP contribution < -0.4 is 10.6 Å². The number of amides is 2. The van der Waals surface area contributed by atoms with Gasteiger partial charge >= 0.3 is 11.9 Å². The van der Waals surface area contributed by atoms with Crippen molar-refractivity contribution >= 4 is 52.4 Å². The number of nitrogens with one attached hydrogen (secondary N) is 2. The summed E-state index contributed by atoms with van der Waals surface area (Å²) in [6, 6.07) is 10.1. The largest absolute Gasteiger partial charge is 0.465 e. The van der Waals surface area contributed by atoms with Gasteiger partial charge in [0.2, 0.25) is 5.91 Å². The van der Waals surface area contributed by atoms with Crippen molar-refractivity contribution in [2.75, 3.05) is 24.9 Å². The lowest BCUT2D eigenvalue weighted by Crippen LogP contribution is -2.29. The van der Waals surface area contributed by atoms with Gasteiger partial charge in [-0.2, -0.15) is 0 Å². The van der Waals surface area contributed by atoms with E-state index in [4.69, 9.17) is 4.74 Å². The Hall–Kier alpha value is -4.67. The number of esters is 2. The zero-order valence-corrected chi connectivity index (χ0v) is 20.2. The number of ether oxygens (including phenoxy) is 2. The number of methoxy groups -OCH3 is 2. The second kappa shape index (κ2) is 12.7. The molecule has 2 rings (SSSR count). The number of carbonyl (C=O) groups is 6. The molecule has 2 aromatic carbocycles. The van der Waals surface area contributed by atoms with Gasteiger partial charge in [-0.05, 0) is 55.0 Å². The SMILES string of the molecule is COC(=O)c1ccc(C(=O)OC)c(CN=C(C(C)=O)C(=O)Nc2ccc(NC(=O)CC(C)=O)cc2)c1. The van der Waals surface area contributed by atoms with Gasteiger partial charge in [0.1, 0.15) is 5.78 Å². The van der Waals surface area contributed by atoms with Crippen LogP contribution in [0.4, 0.5) is 11.4 Å². The third kappa shape index (κ3) is 7.69. The second-order valence-corrected chi connectivity index (χ2v) is 7.53. The molecule has 0 aliphatic rings. The predicted molar refractivity (Wildman–Crippen MR) is 130 cm³/mol. The first-order chi connectivity index (χ1) is 17.0. The molecule has 2 aromatic rings. The van der Waals surface area contributed by atoms with Gasteiger partial charge in [-0.25, -0.2) is 9.59 Å². The number of hydrogen-bond donors (Lipinski definition) is 2. The molecule has 0 aromatic heterocycles. The van der Waals surface area contributed by atoms with E-state index in [2.05, 4.69) is 20.4 Å². The Morgan fingerprint density at radius 3 is 1.92 bits per heavy atom. The van der Waals surface area contributed by atoms with Crippen molar-refractivity contribution in [3.63, 3.8) is 0 Å². The van der Waals surface area contributed by atoms with Crippen LogP contribution in [0.25, 0.3) is 0 Å². The lowest BCUT2D eigenvalue weighted by Gasteiger charge is -2.10. The highest BCUT2D eigenvalue weighted by Crippen LogP contribution is 2.17. The van der Waals surface area contributed by atoms with E-state index < -0.39 is 35.2 Å². The number of anilines is 2. The van der Waals surface area contributed by atoms with Crippen LogP contribution in [0.15, 0.2) is 47.5 Å². The Balaban J connectivity index is 2.23. The van der Waals surface area contributed by atoms with Crippen LogP contribution in [0.3, 0.4) is 0 Å². The highest BCUT2D eigenvalue weighted by Gasteiger charge is 2.19. The van der Waals surface area contributed by atoms with Gasteiger partial charge in [-0.15, -0.1) is 0 Å².